The lowest BCUT2D eigenvalue weighted by atomic mass is 10.3. The van der Waals surface area contributed by atoms with Gasteiger partial charge in [0.25, 0.3) is 0 Å². The van der Waals surface area contributed by atoms with Crippen molar-refractivity contribution in [2.45, 2.75) is 31.2 Å². The van der Waals surface area contributed by atoms with E-state index in [0.717, 1.165) is 17.1 Å². The molecule has 3 rings (SSSR count). The summed E-state index contributed by atoms with van der Waals surface area (Å²) < 4.78 is 8.32. The summed E-state index contributed by atoms with van der Waals surface area (Å²) in [6.07, 6.45) is 1.53. The van der Waals surface area contributed by atoms with Gasteiger partial charge in [0.15, 0.2) is 5.76 Å². The summed E-state index contributed by atoms with van der Waals surface area (Å²) >= 11 is 1.22. The minimum absolute atomic E-state index is 0.160. The number of nitrogen functional groups attached to an aromatic ring is 1. The average Bonchev–Trinajstić information content (AvgIpc) is 3.26. The van der Waals surface area contributed by atoms with Gasteiger partial charge in [0.1, 0.15) is 0 Å². The molecule has 1 atom stereocenters. The van der Waals surface area contributed by atoms with Crippen LogP contribution in [0.25, 0.3) is 11.6 Å². The lowest BCUT2D eigenvalue weighted by molar-refractivity contribution is -0.115. The molecule has 9 nitrogen and oxygen atoms in total. The number of hydrogen-bond donors (Lipinski definition) is 2. The molecule has 0 fully saturated rings. The summed E-state index contributed by atoms with van der Waals surface area (Å²) in [7, 11) is 1.84. The van der Waals surface area contributed by atoms with Gasteiger partial charge in [-0.15, -0.1) is 10.2 Å². The number of furan rings is 1. The number of carbonyl (C=O) groups is 1. The smallest absolute Gasteiger partial charge is 0.237 e. The number of amides is 1. The molecular formula is C15H19N7O2S. The molecule has 0 saturated heterocycles. The van der Waals surface area contributed by atoms with Crippen LogP contribution in [0.15, 0.2) is 28.0 Å². The number of carbonyl (C=O) groups excluding carboxylic acids is 1. The van der Waals surface area contributed by atoms with Crippen LogP contribution >= 0.6 is 11.8 Å². The van der Waals surface area contributed by atoms with Crippen LogP contribution in [-0.4, -0.2) is 35.8 Å². The molecule has 10 heteroatoms. The molecule has 132 valence electrons. The molecule has 0 radical (unpaired) electrons. The van der Waals surface area contributed by atoms with Crippen molar-refractivity contribution in [1.29, 1.82) is 0 Å². The van der Waals surface area contributed by atoms with Crippen molar-refractivity contribution in [3.8, 4) is 11.6 Å². The fraction of sp³-hybridized carbons (Fsp3) is 0.333. The topological polar surface area (TPSA) is 117 Å². The predicted molar refractivity (Wildman–Crippen MR) is 94.5 cm³/mol. The van der Waals surface area contributed by atoms with Crippen LogP contribution in [-0.2, 0) is 11.8 Å². The highest BCUT2D eigenvalue weighted by atomic mass is 32.2. The minimum atomic E-state index is -0.421. The first kappa shape index (κ1) is 17.1. The highest BCUT2D eigenvalue weighted by molar-refractivity contribution is 8.00. The molecule has 1 unspecified atom stereocenters. The monoisotopic (exact) mass is 361 g/mol. The maximum atomic E-state index is 12.5. The van der Waals surface area contributed by atoms with Crippen LogP contribution in [0.4, 0.5) is 5.69 Å². The van der Waals surface area contributed by atoms with E-state index in [1.54, 1.807) is 23.7 Å². The third-order valence-electron chi connectivity index (χ3n) is 3.81. The second-order valence-corrected chi connectivity index (χ2v) is 6.88. The van der Waals surface area contributed by atoms with Crippen molar-refractivity contribution in [3.05, 3.63) is 29.8 Å². The summed E-state index contributed by atoms with van der Waals surface area (Å²) in [6.45, 7) is 5.54. The second kappa shape index (κ2) is 6.63. The van der Waals surface area contributed by atoms with Crippen molar-refractivity contribution in [3.63, 3.8) is 0 Å². The number of aryl methyl sites for hydroxylation is 2. The second-order valence-electron chi connectivity index (χ2n) is 5.57. The summed E-state index contributed by atoms with van der Waals surface area (Å²) in [4.78, 5) is 12.5. The number of hydrogen-bond acceptors (Lipinski definition) is 7. The fourth-order valence-corrected chi connectivity index (χ4v) is 3.09. The Hall–Kier alpha value is -2.75. The molecule has 0 bridgehead atoms. The summed E-state index contributed by atoms with van der Waals surface area (Å²) in [5.74, 6) is 6.77. The van der Waals surface area contributed by atoms with Gasteiger partial charge in [0, 0.05) is 7.05 Å². The van der Waals surface area contributed by atoms with Crippen molar-refractivity contribution in [1.82, 2.24) is 24.7 Å². The SMILES string of the molecule is Cc1nn(C)c(C)c1NC(=O)C(C)Sc1nnc(-c2ccco2)n1N. The van der Waals surface area contributed by atoms with Gasteiger partial charge < -0.3 is 15.6 Å². The molecule has 25 heavy (non-hydrogen) atoms. The Labute approximate surface area is 148 Å². The Balaban J connectivity index is 1.72. The summed E-state index contributed by atoms with van der Waals surface area (Å²) in [5.41, 5.74) is 2.39. The van der Waals surface area contributed by atoms with Crippen LogP contribution in [0, 0.1) is 13.8 Å². The molecule has 3 N–H and O–H groups in total. The molecule has 0 saturated carbocycles. The quantitative estimate of drug-likeness (QED) is 0.525. The first-order chi connectivity index (χ1) is 11.9. The van der Waals surface area contributed by atoms with E-state index >= 15 is 0 Å². The summed E-state index contributed by atoms with van der Waals surface area (Å²) in [6, 6.07) is 3.48. The largest absolute Gasteiger partial charge is 0.461 e. The molecule has 1 amide bonds. The number of anilines is 1. The van der Waals surface area contributed by atoms with E-state index < -0.39 is 5.25 Å². The van der Waals surface area contributed by atoms with Gasteiger partial charge >= 0.3 is 0 Å². The fourth-order valence-electron chi connectivity index (χ4n) is 2.32. The first-order valence-corrected chi connectivity index (χ1v) is 8.48. The number of rotatable bonds is 5. The predicted octanol–water partition coefficient (Wildman–Crippen LogP) is 1.72. The Kier molecular flexibility index (Phi) is 4.53. The van der Waals surface area contributed by atoms with Gasteiger partial charge in [-0.2, -0.15) is 5.10 Å². The molecule has 0 aliphatic heterocycles. The molecule has 3 aromatic heterocycles. The number of thioether (sulfide) groups is 1. The van der Waals surface area contributed by atoms with Crippen molar-refractivity contribution < 1.29 is 9.21 Å². The number of nitrogens with zero attached hydrogens (tertiary/aromatic N) is 5. The Morgan fingerprint density at radius 2 is 2.16 bits per heavy atom. The van der Waals surface area contributed by atoms with Crippen LogP contribution < -0.4 is 11.2 Å². The molecule has 0 aliphatic rings. The van der Waals surface area contributed by atoms with Crippen molar-refractivity contribution >= 4 is 23.4 Å². The number of aromatic nitrogens is 5. The van der Waals surface area contributed by atoms with E-state index in [4.69, 9.17) is 10.3 Å². The number of nitrogens with one attached hydrogen (secondary N) is 1. The van der Waals surface area contributed by atoms with Gasteiger partial charge in [-0.1, -0.05) is 11.8 Å². The Morgan fingerprint density at radius 1 is 1.40 bits per heavy atom. The van der Waals surface area contributed by atoms with E-state index in [9.17, 15) is 4.79 Å². The Morgan fingerprint density at radius 3 is 2.76 bits per heavy atom. The molecule has 0 aliphatic carbocycles. The van der Waals surface area contributed by atoms with Gasteiger partial charge in [0.2, 0.25) is 16.9 Å². The van der Waals surface area contributed by atoms with Gasteiger partial charge in [-0.05, 0) is 32.9 Å². The van der Waals surface area contributed by atoms with Crippen molar-refractivity contribution in [2.24, 2.45) is 7.05 Å². The average molecular weight is 361 g/mol. The standard InChI is InChI=1S/C15H19N7O2S/c1-8-12(9(2)21(4)20-8)17-14(23)10(3)25-15-19-18-13(22(15)16)11-6-5-7-24-11/h5-7,10H,16H2,1-4H3,(H,17,23). The third kappa shape index (κ3) is 3.25. The maximum Gasteiger partial charge on any atom is 0.237 e. The normalized spacial score (nSPS) is 12.3. The lowest BCUT2D eigenvalue weighted by Gasteiger charge is -2.11. The molecular weight excluding hydrogens is 342 g/mol. The van der Waals surface area contributed by atoms with Gasteiger partial charge in [-0.25, -0.2) is 4.68 Å². The van der Waals surface area contributed by atoms with Crippen LogP contribution in [0.1, 0.15) is 18.3 Å². The molecule has 3 aromatic rings. The van der Waals surface area contributed by atoms with Crippen LogP contribution in [0.2, 0.25) is 0 Å². The molecule has 3 heterocycles. The van der Waals surface area contributed by atoms with E-state index in [-0.39, 0.29) is 5.91 Å². The third-order valence-corrected chi connectivity index (χ3v) is 4.87. The number of nitrogens with two attached hydrogens (primary N) is 1. The zero-order chi connectivity index (χ0) is 18.1. The minimum Gasteiger partial charge on any atom is -0.461 e. The zero-order valence-corrected chi connectivity index (χ0v) is 15.2. The van der Waals surface area contributed by atoms with Crippen LogP contribution in [0.3, 0.4) is 0 Å². The zero-order valence-electron chi connectivity index (χ0n) is 14.3. The van der Waals surface area contributed by atoms with E-state index in [0.29, 0.717) is 16.7 Å². The first-order valence-electron chi connectivity index (χ1n) is 7.60. The van der Waals surface area contributed by atoms with Gasteiger partial charge in [-0.3, -0.25) is 9.48 Å². The van der Waals surface area contributed by atoms with Crippen LogP contribution in [0.5, 0.6) is 0 Å². The molecule has 0 spiro atoms. The lowest BCUT2D eigenvalue weighted by Crippen LogP contribution is -2.24. The highest BCUT2D eigenvalue weighted by Crippen LogP contribution is 2.26. The highest BCUT2D eigenvalue weighted by Gasteiger charge is 2.22. The van der Waals surface area contributed by atoms with E-state index in [1.165, 1.54) is 22.7 Å². The summed E-state index contributed by atoms with van der Waals surface area (Å²) in [5, 5.41) is 15.3. The van der Waals surface area contributed by atoms with E-state index in [2.05, 4.69) is 20.6 Å². The Bertz CT molecular complexity index is 898. The maximum absolute atomic E-state index is 12.5. The van der Waals surface area contributed by atoms with Crippen molar-refractivity contribution in [2.75, 3.05) is 11.2 Å². The van der Waals surface area contributed by atoms with E-state index in [1.807, 2.05) is 20.9 Å². The molecule has 0 aromatic carbocycles. The van der Waals surface area contributed by atoms with Gasteiger partial charge in [0.05, 0.1) is 28.6 Å².